The number of Topliss-reactive ketones (excluding diaryl/α,β-unsaturated/α-hetero) is 1. The summed E-state index contributed by atoms with van der Waals surface area (Å²) in [5, 5.41) is 8.76. The number of methoxy groups -OCH3 is 1. The van der Waals surface area contributed by atoms with Crippen LogP contribution in [0.5, 0.6) is 5.75 Å². The van der Waals surface area contributed by atoms with Gasteiger partial charge in [0, 0.05) is 4.47 Å². The Kier molecular flexibility index (Phi) is 3.26. The van der Waals surface area contributed by atoms with Crippen molar-refractivity contribution in [2.75, 3.05) is 7.11 Å². The van der Waals surface area contributed by atoms with Crippen molar-refractivity contribution in [2.45, 2.75) is 6.92 Å². The van der Waals surface area contributed by atoms with Crippen molar-refractivity contribution in [3.63, 3.8) is 0 Å². The first-order valence-electron chi connectivity index (χ1n) is 3.88. The van der Waals surface area contributed by atoms with Crippen molar-refractivity contribution in [1.29, 1.82) is 5.26 Å². The molecular formula is C10H8BrNO2. The highest BCUT2D eigenvalue weighted by molar-refractivity contribution is 9.10. The smallest absolute Gasteiger partial charge is 0.163 e. The highest BCUT2D eigenvalue weighted by atomic mass is 79.9. The predicted molar refractivity (Wildman–Crippen MR) is 55.4 cm³/mol. The van der Waals surface area contributed by atoms with Crippen molar-refractivity contribution < 1.29 is 9.53 Å². The zero-order valence-electron chi connectivity index (χ0n) is 7.80. The summed E-state index contributed by atoms with van der Waals surface area (Å²) in [6, 6.07) is 5.13. The number of halogens is 1. The van der Waals surface area contributed by atoms with Crippen LogP contribution in [0.1, 0.15) is 22.8 Å². The van der Waals surface area contributed by atoms with Crippen LogP contribution in [0, 0.1) is 11.3 Å². The van der Waals surface area contributed by atoms with E-state index in [0.29, 0.717) is 21.3 Å². The van der Waals surface area contributed by atoms with Gasteiger partial charge in [0.15, 0.2) is 5.78 Å². The van der Waals surface area contributed by atoms with Gasteiger partial charge in [0.25, 0.3) is 0 Å². The molecular weight excluding hydrogens is 246 g/mol. The monoisotopic (exact) mass is 253 g/mol. The molecule has 1 aromatic carbocycles. The SMILES string of the molecule is COc1cc(Br)c(C#N)cc1C(C)=O. The van der Waals surface area contributed by atoms with Crippen LogP contribution < -0.4 is 4.74 Å². The third-order valence-electron chi connectivity index (χ3n) is 1.79. The normalized spacial score (nSPS) is 9.29. The molecule has 0 N–H and O–H groups in total. The Morgan fingerprint density at radius 3 is 2.64 bits per heavy atom. The Morgan fingerprint density at radius 2 is 2.21 bits per heavy atom. The second-order valence-electron chi connectivity index (χ2n) is 2.70. The lowest BCUT2D eigenvalue weighted by atomic mass is 10.1. The largest absolute Gasteiger partial charge is 0.496 e. The van der Waals surface area contributed by atoms with E-state index in [1.165, 1.54) is 20.1 Å². The Morgan fingerprint density at radius 1 is 1.57 bits per heavy atom. The van der Waals surface area contributed by atoms with Gasteiger partial charge in [-0.05, 0) is 35.0 Å². The van der Waals surface area contributed by atoms with E-state index in [-0.39, 0.29) is 5.78 Å². The molecule has 1 rings (SSSR count). The molecule has 0 radical (unpaired) electrons. The van der Waals surface area contributed by atoms with E-state index in [2.05, 4.69) is 15.9 Å². The van der Waals surface area contributed by atoms with Crippen molar-refractivity contribution >= 4 is 21.7 Å². The first kappa shape index (κ1) is 10.7. The van der Waals surface area contributed by atoms with Crippen molar-refractivity contribution in [3.05, 3.63) is 27.7 Å². The van der Waals surface area contributed by atoms with Crippen LogP contribution in [0.15, 0.2) is 16.6 Å². The number of nitrogens with zero attached hydrogens (tertiary/aromatic N) is 1. The van der Waals surface area contributed by atoms with Gasteiger partial charge in [-0.25, -0.2) is 0 Å². The van der Waals surface area contributed by atoms with Crippen LogP contribution in [-0.4, -0.2) is 12.9 Å². The molecule has 0 aliphatic heterocycles. The maximum Gasteiger partial charge on any atom is 0.163 e. The molecule has 0 atom stereocenters. The number of ether oxygens (including phenoxy) is 1. The minimum atomic E-state index is -0.120. The number of rotatable bonds is 2. The molecule has 0 amide bonds. The van der Waals surface area contributed by atoms with E-state index in [9.17, 15) is 4.79 Å². The fourth-order valence-corrected chi connectivity index (χ4v) is 1.50. The van der Waals surface area contributed by atoms with Crippen molar-refractivity contribution in [2.24, 2.45) is 0 Å². The van der Waals surface area contributed by atoms with Crippen LogP contribution in [0.2, 0.25) is 0 Å². The van der Waals surface area contributed by atoms with Crippen LogP contribution in [-0.2, 0) is 0 Å². The Bertz CT molecular complexity index is 421. The van der Waals surface area contributed by atoms with Gasteiger partial charge in [0.2, 0.25) is 0 Å². The van der Waals surface area contributed by atoms with E-state index in [4.69, 9.17) is 10.00 Å². The molecule has 72 valence electrons. The molecule has 0 aliphatic rings. The van der Waals surface area contributed by atoms with Gasteiger partial charge in [-0.2, -0.15) is 5.26 Å². The number of nitriles is 1. The van der Waals surface area contributed by atoms with E-state index in [1.54, 1.807) is 6.07 Å². The number of carbonyl (C=O) groups is 1. The third kappa shape index (κ3) is 1.94. The zero-order chi connectivity index (χ0) is 10.7. The molecule has 0 bridgehead atoms. The molecule has 4 heteroatoms. The van der Waals surface area contributed by atoms with E-state index < -0.39 is 0 Å². The summed E-state index contributed by atoms with van der Waals surface area (Å²) in [7, 11) is 1.49. The maximum atomic E-state index is 11.2. The lowest BCUT2D eigenvalue weighted by molar-refractivity contribution is 0.101. The van der Waals surface area contributed by atoms with Crippen molar-refractivity contribution in [3.8, 4) is 11.8 Å². The standard InChI is InChI=1S/C10H8BrNO2/c1-6(13)8-3-7(5-12)9(11)4-10(8)14-2/h3-4H,1-2H3. The number of benzene rings is 1. The Labute approximate surface area is 90.4 Å². The predicted octanol–water partition coefficient (Wildman–Crippen LogP) is 2.53. The van der Waals surface area contributed by atoms with Crippen molar-refractivity contribution in [1.82, 2.24) is 0 Å². The average Bonchev–Trinajstić information content (AvgIpc) is 2.16. The van der Waals surface area contributed by atoms with Gasteiger partial charge in [-0.1, -0.05) is 0 Å². The molecule has 0 saturated heterocycles. The molecule has 1 aromatic rings. The molecule has 14 heavy (non-hydrogen) atoms. The van der Waals surface area contributed by atoms with Gasteiger partial charge in [0.1, 0.15) is 11.8 Å². The summed E-state index contributed by atoms with van der Waals surface area (Å²) in [4.78, 5) is 11.2. The fraction of sp³-hybridized carbons (Fsp3) is 0.200. The summed E-state index contributed by atoms with van der Waals surface area (Å²) in [5.41, 5.74) is 0.850. The van der Waals surface area contributed by atoms with Gasteiger partial charge < -0.3 is 4.74 Å². The topological polar surface area (TPSA) is 50.1 Å². The minimum absolute atomic E-state index is 0.120. The molecule has 0 aliphatic carbocycles. The lowest BCUT2D eigenvalue weighted by Gasteiger charge is -2.06. The number of ketones is 1. The second-order valence-corrected chi connectivity index (χ2v) is 3.55. The summed E-state index contributed by atoms with van der Waals surface area (Å²) in [6.07, 6.45) is 0. The average molecular weight is 254 g/mol. The number of hydrogen-bond acceptors (Lipinski definition) is 3. The van der Waals surface area contributed by atoms with Crippen LogP contribution in [0.4, 0.5) is 0 Å². The number of carbonyl (C=O) groups excluding carboxylic acids is 1. The first-order valence-corrected chi connectivity index (χ1v) is 4.68. The Hall–Kier alpha value is -1.34. The summed E-state index contributed by atoms with van der Waals surface area (Å²) in [5.74, 6) is 0.356. The first-order chi connectivity index (χ1) is 6.60. The summed E-state index contributed by atoms with van der Waals surface area (Å²) >= 11 is 3.22. The number of hydrogen-bond donors (Lipinski definition) is 0. The molecule has 0 unspecified atom stereocenters. The maximum absolute atomic E-state index is 11.2. The van der Waals surface area contributed by atoms with Gasteiger partial charge >= 0.3 is 0 Å². The van der Waals surface area contributed by atoms with Crippen LogP contribution >= 0.6 is 15.9 Å². The quantitative estimate of drug-likeness (QED) is 0.762. The fourth-order valence-electron chi connectivity index (χ4n) is 1.08. The van der Waals surface area contributed by atoms with E-state index in [1.807, 2.05) is 6.07 Å². The van der Waals surface area contributed by atoms with Gasteiger partial charge in [-0.15, -0.1) is 0 Å². The summed E-state index contributed by atoms with van der Waals surface area (Å²) in [6.45, 7) is 1.44. The molecule has 0 heterocycles. The Balaban J connectivity index is 3.42. The molecule has 0 aromatic heterocycles. The van der Waals surface area contributed by atoms with E-state index >= 15 is 0 Å². The van der Waals surface area contributed by atoms with Gasteiger partial charge in [0.05, 0.1) is 18.2 Å². The molecule has 0 spiro atoms. The molecule has 0 saturated carbocycles. The highest BCUT2D eigenvalue weighted by Crippen LogP contribution is 2.27. The highest BCUT2D eigenvalue weighted by Gasteiger charge is 2.11. The van der Waals surface area contributed by atoms with Crippen LogP contribution in [0.25, 0.3) is 0 Å². The zero-order valence-corrected chi connectivity index (χ0v) is 9.38. The van der Waals surface area contributed by atoms with E-state index in [0.717, 1.165) is 0 Å². The minimum Gasteiger partial charge on any atom is -0.496 e. The second kappa shape index (κ2) is 4.25. The van der Waals surface area contributed by atoms with Gasteiger partial charge in [-0.3, -0.25) is 4.79 Å². The van der Waals surface area contributed by atoms with Crippen LogP contribution in [0.3, 0.4) is 0 Å². The lowest BCUT2D eigenvalue weighted by Crippen LogP contribution is -1.98. The molecule has 3 nitrogen and oxygen atoms in total. The summed E-state index contributed by atoms with van der Waals surface area (Å²) < 4.78 is 5.65. The third-order valence-corrected chi connectivity index (χ3v) is 2.44. The molecule has 0 fully saturated rings.